The monoisotopic (exact) mass is 308 g/mol. The minimum Gasteiger partial charge on any atom is -0.469 e. The smallest absolute Gasteiger partial charge is 0.305 e. The SMILES string of the molecule is COC(=O)CC(CC(C)O)C1OC(CO)C(O)C(O)C1O. The normalized spacial score (nSPS) is 36.0. The van der Waals surface area contributed by atoms with Gasteiger partial charge < -0.3 is 35.0 Å². The summed E-state index contributed by atoms with van der Waals surface area (Å²) in [4.78, 5) is 11.4. The van der Waals surface area contributed by atoms with Crippen molar-refractivity contribution in [2.24, 2.45) is 5.92 Å². The average molecular weight is 308 g/mol. The number of carbonyl (C=O) groups excluding carboxylic acids is 1. The first-order valence-electron chi connectivity index (χ1n) is 6.87. The highest BCUT2D eigenvalue weighted by molar-refractivity contribution is 5.69. The Kier molecular flexibility index (Phi) is 6.98. The molecular formula is C13H24O8. The number of rotatable bonds is 6. The molecule has 1 fully saturated rings. The van der Waals surface area contributed by atoms with E-state index in [2.05, 4.69) is 4.74 Å². The van der Waals surface area contributed by atoms with Crippen LogP contribution in [0.4, 0.5) is 0 Å². The molecule has 0 amide bonds. The van der Waals surface area contributed by atoms with E-state index >= 15 is 0 Å². The van der Waals surface area contributed by atoms with Gasteiger partial charge in [-0.05, 0) is 13.3 Å². The zero-order valence-electron chi connectivity index (χ0n) is 12.1. The van der Waals surface area contributed by atoms with Gasteiger partial charge in [0, 0.05) is 5.92 Å². The number of ether oxygens (including phenoxy) is 2. The van der Waals surface area contributed by atoms with Gasteiger partial charge in [0.2, 0.25) is 0 Å². The van der Waals surface area contributed by atoms with Crippen molar-refractivity contribution in [3.05, 3.63) is 0 Å². The first-order valence-corrected chi connectivity index (χ1v) is 6.87. The molecule has 5 N–H and O–H groups in total. The van der Waals surface area contributed by atoms with Crippen LogP contribution in [-0.2, 0) is 14.3 Å². The summed E-state index contributed by atoms with van der Waals surface area (Å²) in [5, 5.41) is 48.2. The van der Waals surface area contributed by atoms with Gasteiger partial charge >= 0.3 is 5.97 Å². The molecule has 0 aromatic rings. The number of methoxy groups -OCH3 is 1. The highest BCUT2D eigenvalue weighted by atomic mass is 16.5. The molecule has 8 nitrogen and oxygen atoms in total. The van der Waals surface area contributed by atoms with Gasteiger partial charge in [0.15, 0.2) is 0 Å². The Morgan fingerprint density at radius 3 is 2.33 bits per heavy atom. The minimum absolute atomic E-state index is 0.121. The van der Waals surface area contributed by atoms with Gasteiger partial charge in [0.1, 0.15) is 24.4 Å². The summed E-state index contributed by atoms with van der Waals surface area (Å²) in [5.74, 6) is -1.17. The molecule has 8 heteroatoms. The lowest BCUT2D eigenvalue weighted by atomic mass is 9.83. The van der Waals surface area contributed by atoms with E-state index in [0.29, 0.717) is 0 Å². The number of hydrogen-bond donors (Lipinski definition) is 5. The standard InChI is InChI=1S/C13H24O8/c1-6(15)3-7(4-9(16)20-2)13-12(19)11(18)10(17)8(5-14)21-13/h6-8,10-15,17-19H,3-5H2,1-2H3. The molecule has 1 heterocycles. The van der Waals surface area contributed by atoms with Gasteiger partial charge in [-0.2, -0.15) is 0 Å². The van der Waals surface area contributed by atoms with Crippen LogP contribution in [0.5, 0.6) is 0 Å². The van der Waals surface area contributed by atoms with E-state index in [1.165, 1.54) is 14.0 Å². The van der Waals surface area contributed by atoms with Gasteiger partial charge in [-0.25, -0.2) is 0 Å². The van der Waals surface area contributed by atoms with Crippen molar-refractivity contribution in [2.75, 3.05) is 13.7 Å². The van der Waals surface area contributed by atoms with Gasteiger partial charge in [-0.15, -0.1) is 0 Å². The summed E-state index contributed by atoms with van der Waals surface area (Å²) in [6.45, 7) is 0.982. The molecule has 0 saturated carbocycles. The fourth-order valence-electron chi connectivity index (χ4n) is 2.59. The predicted octanol–water partition coefficient (Wildman–Crippen LogP) is -2.22. The lowest BCUT2D eigenvalue weighted by Gasteiger charge is -2.43. The zero-order valence-corrected chi connectivity index (χ0v) is 12.1. The molecule has 7 atom stereocenters. The molecule has 0 aromatic carbocycles. The Bertz CT molecular complexity index is 332. The van der Waals surface area contributed by atoms with E-state index in [-0.39, 0.29) is 12.8 Å². The van der Waals surface area contributed by atoms with Crippen LogP contribution in [0, 0.1) is 5.92 Å². The second kappa shape index (κ2) is 8.02. The zero-order chi connectivity index (χ0) is 16.2. The van der Waals surface area contributed by atoms with E-state index in [9.17, 15) is 25.2 Å². The first kappa shape index (κ1) is 18.3. The Morgan fingerprint density at radius 1 is 1.24 bits per heavy atom. The maximum Gasteiger partial charge on any atom is 0.305 e. The van der Waals surface area contributed by atoms with Crippen LogP contribution in [0.25, 0.3) is 0 Å². The summed E-state index contributed by atoms with van der Waals surface area (Å²) >= 11 is 0. The van der Waals surface area contributed by atoms with Gasteiger partial charge in [0.05, 0.1) is 32.3 Å². The third-order valence-corrected chi connectivity index (χ3v) is 3.69. The molecule has 0 bridgehead atoms. The largest absolute Gasteiger partial charge is 0.469 e. The van der Waals surface area contributed by atoms with Gasteiger partial charge in [-0.1, -0.05) is 0 Å². The van der Waals surface area contributed by atoms with Crippen molar-refractivity contribution in [1.29, 1.82) is 0 Å². The Hall–Kier alpha value is -0.770. The average Bonchev–Trinajstić information content (AvgIpc) is 2.44. The van der Waals surface area contributed by atoms with Crippen molar-refractivity contribution < 1.29 is 39.8 Å². The van der Waals surface area contributed by atoms with Gasteiger partial charge in [-0.3, -0.25) is 4.79 Å². The molecule has 124 valence electrons. The molecule has 7 unspecified atom stereocenters. The first-order chi connectivity index (χ1) is 9.81. The van der Waals surface area contributed by atoms with Crippen molar-refractivity contribution in [2.45, 2.75) is 56.4 Å². The highest BCUT2D eigenvalue weighted by Gasteiger charge is 2.46. The Labute approximate surface area is 122 Å². The lowest BCUT2D eigenvalue weighted by Crippen LogP contribution is -2.60. The molecular weight excluding hydrogens is 284 g/mol. The fourth-order valence-corrected chi connectivity index (χ4v) is 2.59. The summed E-state index contributed by atoms with van der Waals surface area (Å²) in [6, 6.07) is 0. The third kappa shape index (κ3) is 4.60. The van der Waals surface area contributed by atoms with Crippen LogP contribution < -0.4 is 0 Å². The molecule has 1 aliphatic heterocycles. The van der Waals surface area contributed by atoms with Crippen molar-refractivity contribution in [3.63, 3.8) is 0 Å². The third-order valence-electron chi connectivity index (χ3n) is 3.69. The number of aliphatic hydroxyl groups excluding tert-OH is 5. The van der Waals surface area contributed by atoms with Crippen LogP contribution in [0.3, 0.4) is 0 Å². The minimum atomic E-state index is -1.50. The van der Waals surface area contributed by atoms with E-state index in [4.69, 9.17) is 9.84 Å². The lowest BCUT2D eigenvalue weighted by molar-refractivity contribution is -0.243. The van der Waals surface area contributed by atoms with Crippen molar-refractivity contribution in [1.82, 2.24) is 0 Å². The number of esters is 1. The topological polar surface area (TPSA) is 137 Å². The second-order valence-corrected chi connectivity index (χ2v) is 5.42. The maximum atomic E-state index is 11.4. The van der Waals surface area contributed by atoms with Crippen LogP contribution >= 0.6 is 0 Å². The molecule has 0 spiro atoms. The molecule has 0 aromatic heterocycles. The molecule has 0 aliphatic carbocycles. The Morgan fingerprint density at radius 2 is 1.86 bits per heavy atom. The van der Waals surface area contributed by atoms with E-state index in [0.717, 1.165) is 0 Å². The summed E-state index contributed by atoms with van der Waals surface area (Å²) in [7, 11) is 1.22. The second-order valence-electron chi connectivity index (χ2n) is 5.42. The fraction of sp³-hybridized carbons (Fsp3) is 0.923. The highest BCUT2D eigenvalue weighted by Crippen LogP contribution is 2.30. The summed E-state index contributed by atoms with van der Waals surface area (Å²) in [6.07, 6.45) is -7.18. The molecule has 1 saturated heterocycles. The number of aliphatic hydroxyl groups is 5. The van der Waals surface area contributed by atoms with E-state index in [1.54, 1.807) is 0 Å². The van der Waals surface area contributed by atoms with E-state index < -0.39 is 55.1 Å². The van der Waals surface area contributed by atoms with Crippen LogP contribution in [0.2, 0.25) is 0 Å². The van der Waals surface area contributed by atoms with Crippen LogP contribution in [-0.4, -0.2) is 81.8 Å². The van der Waals surface area contributed by atoms with Crippen molar-refractivity contribution >= 4 is 5.97 Å². The van der Waals surface area contributed by atoms with Gasteiger partial charge in [0.25, 0.3) is 0 Å². The summed E-state index contributed by atoms with van der Waals surface area (Å²) < 4.78 is 9.98. The Balaban J connectivity index is 2.90. The quantitative estimate of drug-likeness (QED) is 0.348. The summed E-state index contributed by atoms with van der Waals surface area (Å²) in [5.41, 5.74) is 0. The molecule has 1 rings (SSSR count). The van der Waals surface area contributed by atoms with Crippen LogP contribution in [0.15, 0.2) is 0 Å². The maximum absolute atomic E-state index is 11.4. The number of hydrogen-bond acceptors (Lipinski definition) is 8. The molecule has 1 aliphatic rings. The number of carbonyl (C=O) groups is 1. The molecule has 21 heavy (non-hydrogen) atoms. The van der Waals surface area contributed by atoms with Crippen molar-refractivity contribution in [3.8, 4) is 0 Å². The predicted molar refractivity (Wildman–Crippen MR) is 70.2 cm³/mol. The molecule has 0 radical (unpaired) electrons. The van der Waals surface area contributed by atoms with Crippen LogP contribution in [0.1, 0.15) is 19.8 Å². The van der Waals surface area contributed by atoms with E-state index in [1.807, 2.05) is 0 Å².